The number of halogens is 2. The number of likely N-dealkylation sites (tertiary alicyclic amines) is 1. The number of piperidine rings is 1. The first-order chi connectivity index (χ1) is 9.11. The van der Waals surface area contributed by atoms with Crippen molar-refractivity contribution in [1.82, 2.24) is 15.5 Å². The van der Waals surface area contributed by atoms with E-state index in [-0.39, 0.29) is 10.2 Å². The van der Waals surface area contributed by atoms with Gasteiger partial charge in [0, 0.05) is 26.2 Å². The van der Waals surface area contributed by atoms with Crippen molar-refractivity contribution in [2.75, 3.05) is 26.2 Å². The molecule has 0 radical (unpaired) electrons. The first-order valence-electron chi connectivity index (χ1n) is 6.28. The van der Waals surface area contributed by atoms with E-state index in [4.69, 9.17) is 23.2 Å². The van der Waals surface area contributed by atoms with Crippen molar-refractivity contribution in [3.05, 3.63) is 31.8 Å². The van der Waals surface area contributed by atoms with E-state index in [1.54, 1.807) is 0 Å². The largest absolute Gasteiger partial charge is 0.364 e. The summed E-state index contributed by atoms with van der Waals surface area (Å²) in [4.78, 5) is 12.8. The predicted octanol–water partition coefficient (Wildman–Crippen LogP) is 1.76. The van der Waals surface area contributed by atoms with Crippen molar-refractivity contribution in [3.63, 3.8) is 0 Å². The zero-order chi connectivity index (χ0) is 13.8. The van der Waals surface area contributed by atoms with Gasteiger partial charge in [0.25, 0.3) is 0 Å². The minimum absolute atomic E-state index is 0.0587. The maximum atomic E-state index is 11.4. The van der Waals surface area contributed by atoms with Gasteiger partial charge in [-0.05, 0) is 19.3 Å². The fourth-order valence-corrected chi connectivity index (χ4v) is 2.80. The molecular formula is C11H16Cl2N4O2. The third-order valence-corrected chi connectivity index (χ3v) is 3.58. The van der Waals surface area contributed by atoms with Gasteiger partial charge in [-0.2, -0.15) is 0 Å². The van der Waals surface area contributed by atoms with Crippen LogP contribution in [0.15, 0.2) is 21.7 Å². The summed E-state index contributed by atoms with van der Waals surface area (Å²) >= 11 is 11.8. The molecule has 0 bridgehead atoms. The summed E-state index contributed by atoms with van der Waals surface area (Å²) in [5.41, 5.74) is 0.240. The average Bonchev–Trinajstić information content (AvgIpc) is 2.89. The molecule has 0 aromatic heterocycles. The van der Waals surface area contributed by atoms with Gasteiger partial charge in [0.2, 0.25) is 0 Å². The number of nitrogens with one attached hydrogen (secondary N) is 2. The Labute approximate surface area is 121 Å². The molecule has 2 N–H and O–H groups in total. The molecule has 0 unspecified atom stereocenters. The highest BCUT2D eigenvalue weighted by atomic mass is 35.5. The van der Waals surface area contributed by atoms with Crippen LogP contribution in [0.2, 0.25) is 0 Å². The van der Waals surface area contributed by atoms with Gasteiger partial charge in [-0.3, -0.25) is 10.1 Å². The Morgan fingerprint density at radius 1 is 1.16 bits per heavy atom. The van der Waals surface area contributed by atoms with Crippen LogP contribution in [0.25, 0.3) is 0 Å². The summed E-state index contributed by atoms with van der Waals surface area (Å²) in [5, 5.41) is 17.3. The third kappa shape index (κ3) is 3.25. The van der Waals surface area contributed by atoms with Gasteiger partial charge in [0.1, 0.15) is 4.49 Å². The second kappa shape index (κ2) is 6.34. The van der Waals surface area contributed by atoms with E-state index in [1.165, 1.54) is 0 Å². The van der Waals surface area contributed by atoms with Gasteiger partial charge in [-0.1, -0.05) is 23.2 Å². The van der Waals surface area contributed by atoms with Crippen LogP contribution in [0.4, 0.5) is 0 Å². The van der Waals surface area contributed by atoms with Gasteiger partial charge in [-0.15, -0.1) is 0 Å². The number of nitro groups is 1. The molecule has 8 heteroatoms. The SMILES string of the molecule is O=[N+]([O-])C(=C1NCCN1)C(=C(Cl)Cl)N1CCCCC1. The van der Waals surface area contributed by atoms with Gasteiger partial charge in [-0.25, -0.2) is 0 Å². The number of hydrogen-bond acceptors (Lipinski definition) is 5. The highest BCUT2D eigenvalue weighted by molar-refractivity contribution is 6.56. The Morgan fingerprint density at radius 3 is 2.21 bits per heavy atom. The van der Waals surface area contributed by atoms with Crippen molar-refractivity contribution in [2.24, 2.45) is 0 Å². The molecule has 2 aliphatic rings. The smallest absolute Gasteiger partial charge is 0.334 e. The molecule has 0 saturated carbocycles. The Hall–Kier alpha value is -1.14. The van der Waals surface area contributed by atoms with E-state index in [2.05, 4.69) is 10.6 Å². The normalized spacial score (nSPS) is 18.6. The lowest BCUT2D eigenvalue weighted by molar-refractivity contribution is -0.424. The summed E-state index contributed by atoms with van der Waals surface area (Å²) < 4.78 is -0.0587. The van der Waals surface area contributed by atoms with Crippen LogP contribution in [0.1, 0.15) is 19.3 Å². The van der Waals surface area contributed by atoms with Gasteiger partial charge in [0.05, 0.1) is 4.92 Å². The molecule has 2 fully saturated rings. The van der Waals surface area contributed by atoms with Crippen molar-refractivity contribution in [3.8, 4) is 0 Å². The molecule has 19 heavy (non-hydrogen) atoms. The van der Waals surface area contributed by atoms with Crippen LogP contribution in [0.5, 0.6) is 0 Å². The standard InChI is InChI=1S/C11H16Cl2N4O2/c12-10(13)8(16-6-2-1-3-7-16)9(17(18)19)11-14-4-5-15-11/h14-15H,1-7H2. The maximum absolute atomic E-state index is 11.4. The minimum atomic E-state index is -0.435. The summed E-state index contributed by atoms with van der Waals surface area (Å²) in [6.45, 7) is 2.78. The first-order valence-corrected chi connectivity index (χ1v) is 7.04. The van der Waals surface area contributed by atoms with E-state index in [0.717, 1.165) is 32.4 Å². The van der Waals surface area contributed by atoms with Crippen LogP contribution < -0.4 is 10.6 Å². The summed E-state index contributed by atoms with van der Waals surface area (Å²) in [7, 11) is 0. The summed E-state index contributed by atoms with van der Waals surface area (Å²) in [6.07, 6.45) is 3.11. The molecule has 0 atom stereocenters. The Kier molecular flexibility index (Phi) is 4.76. The Bertz CT molecular complexity index is 418. The lowest BCUT2D eigenvalue weighted by atomic mass is 10.1. The number of rotatable bonds is 3. The molecule has 0 amide bonds. The molecule has 0 aromatic carbocycles. The van der Waals surface area contributed by atoms with Crippen molar-refractivity contribution >= 4 is 23.2 Å². The molecule has 2 saturated heterocycles. The maximum Gasteiger partial charge on any atom is 0.334 e. The van der Waals surface area contributed by atoms with Crippen LogP contribution in [-0.2, 0) is 0 Å². The Balaban J connectivity index is 2.38. The van der Waals surface area contributed by atoms with Crippen molar-refractivity contribution in [1.29, 1.82) is 0 Å². The zero-order valence-corrected chi connectivity index (χ0v) is 11.9. The van der Waals surface area contributed by atoms with E-state index >= 15 is 0 Å². The molecule has 106 valence electrons. The van der Waals surface area contributed by atoms with Crippen molar-refractivity contribution < 1.29 is 4.92 Å². The lowest BCUT2D eigenvalue weighted by Crippen LogP contribution is -2.33. The number of nitrogens with zero attached hydrogens (tertiary/aromatic N) is 2. The van der Waals surface area contributed by atoms with E-state index in [0.29, 0.717) is 24.6 Å². The molecule has 0 aliphatic carbocycles. The topological polar surface area (TPSA) is 70.4 Å². The fourth-order valence-electron chi connectivity index (χ4n) is 2.38. The van der Waals surface area contributed by atoms with E-state index in [1.807, 2.05) is 4.90 Å². The molecular weight excluding hydrogens is 291 g/mol. The first kappa shape index (κ1) is 14.3. The van der Waals surface area contributed by atoms with E-state index in [9.17, 15) is 10.1 Å². The average molecular weight is 307 g/mol. The zero-order valence-electron chi connectivity index (χ0n) is 10.4. The molecule has 2 rings (SSSR count). The van der Waals surface area contributed by atoms with Crippen LogP contribution in [-0.4, -0.2) is 36.0 Å². The van der Waals surface area contributed by atoms with Gasteiger partial charge >= 0.3 is 5.70 Å². The number of hydrogen-bond donors (Lipinski definition) is 2. The van der Waals surface area contributed by atoms with E-state index < -0.39 is 4.92 Å². The highest BCUT2D eigenvalue weighted by Crippen LogP contribution is 2.29. The molecule has 6 nitrogen and oxygen atoms in total. The fraction of sp³-hybridized carbons (Fsp3) is 0.636. The van der Waals surface area contributed by atoms with Crippen LogP contribution in [0.3, 0.4) is 0 Å². The predicted molar refractivity (Wildman–Crippen MR) is 74.2 cm³/mol. The summed E-state index contributed by atoms with van der Waals surface area (Å²) in [5.74, 6) is 0.393. The second-order valence-corrected chi connectivity index (χ2v) is 5.44. The summed E-state index contributed by atoms with van der Waals surface area (Å²) in [6, 6.07) is 0. The molecule has 0 aromatic rings. The molecule has 2 aliphatic heterocycles. The lowest BCUT2D eigenvalue weighted by Gasteiger charge is -2.29. The second-order valence-electron chi connectivity index (χ2n) is 4.49. The minimum Gasteiger partial charge on any atom is -0.364 e. The van der Waals surface area contributed by atoms with Crippen LogP contribution >= 0.6 is 23.2 Å². The Morgan fingerprint density at radius 2 is 1.74 bits per heavy atom. The van der Waals surface area contributed by atoms with Crippen molar-refractivity contribution in [2.45, 2.75) is 19.3 Å². The van der Waals surface area contributed by atoms with Gasteiger partial charge < -0.3 is 15.5 Å². The third-order valence-electron chi connectivity index (χ3n) is 3.22. The monoisotopic (exact) mass is 306 g/mol. The molecule has 2 heterocycles. The van der Waals surface area contributed by atoms with Gasteiger partial charge in [0.15, 0.2) is 11.5 Å². The quantitative estimate of drug-likeness (QED) is 0.614. The van der Waals surface area contributed by atoms with Crippen LogP contribution in [0, 0.1) is 10.1 Å². The highest BCUT2D eigenvalue weighted by Gasteiger charge is 2.32. The molecule has 0 spiro atoms.